The first-order valence-corrected chi connectivity index (χ1v) is 9.34. The predicted molar refractivity (Wildman–Crippen MR) is 110 cm³/mol. The molecule has 0 saturated carbocycles. The van der Waals surface area contributed by atoms with Crippen molar-refractivity contribution < 1.29 is 9.47 Å². The monoisotopic (exact) mass is 364 g/mol. The molecule has 0 aliphatic rings. The molecule has 0 atom stereocenters. The van der Waals surface area contributed by atoms with Crippen LogP contribution < -0.4 is 20.1 Å². The molecule has 0 spiro atoms. The van der Waals surface area contributed by atoms with Crippen molar-refractivity contribution in [3.05, 3.63) is 23.8 Å². The van der Waals surface area contributed by atoms with Gasteiger partial charge >= 0.3 is 0 Å². The number of ether oxygens (including phenoxy) is 2. The lowest BCUT2D eigenvalue weighted by Gasteiger charge is -2.30. The molecule has 2 N–H and O–H groups in total. The van der Waals surface area contributed by atoms with Gasteiger partial charge in [0.15, 0.2) is 5.96 Å². The molecule has 0 bridgehead atoms. The Kier molecular flexibility index (Phi) is 9.88. The zero-order chi connectivity index (χ0) is 19.5. The van der Waals surface area contributed by atoms with Crippen molar-refractivity contribution in [3.8, 4) is 11.5 Å². The van der Waals surface area contributed by atoms with E-state index in [4.69, 9.17) is 9.47 Å². The first-order valence-electron chi connectivity index (χ1n) is 9.34. The van der Waals surface area contributed by atoms with Gasteiger partial charge < -0.3 is 20.1 Å². The first kappa shape index (κ1) is 22.1. The van der Waals surface area contributed by atoms with Gasteiger partial charge in [-0.2, -0.15) is 0 Å². The number of nitrogens with one attached hydrogen (secondary N) is 2. The quantitative estimate of drug-likeness (QED) is 0.494. The van der Waals surface area contributed by atoms with Crippen LogP contribution in [-0.4, -0.2) is 63.8 Å². The van der Waals surface area contributed by atoms with Crippen molar-refractivity contribution in [2.45, 2.75) is 46.2 Å². The SMILES string of the molecule is CN=C(NCCc1cc(OC)ccc1OC)NCCN(C(C)C)C(C)C. The maximum absolute atomic E-state index is 5.43. The molecule has 26 heavy (non-hydrogen) atoms. The Hall–Kier alpha value is -1.95. The molecule has 0 heterocycles. The summed E-state index contributed by atoms with van der Waals surface area (Å²) in [6, 6.07) is 6.93. The Labute approximate surface area is 159 Å². The van der Waals surface area contributed by atoms with Crippen LogP contribution in [0.15, 0.2) is 23.2 Å². The van der Waals surface area contributed by atoms with Crippen LogP contribution in [0.1, 0.15) is 33.3 Å². The first-order chi connectivity index (χ1) is 12.4. The lowest BCUT2D eigenvalue weighted by molar-refractivity contribution is 0.178. The molecule has 6 heteroatoms. The topological polar surface area (TPSA) is 58.1 Å². The molecule has 0 fully saturated rings. The summed E-state index contributed by atoms with van der Waals surface area (Å²) in [7, 11) is 5.16. The zero-order valence-electron chi connectivity index (χ0n) is 17.4. The molecule has 148 valence electrons. The summed E-state index contributed by atoms with van der Waals surface area (Å²) in [5.41, 5.74) is 1.11. The molecule has 0 aliphatic heterocycles. The molecule has 0 unspecified atom stereocenters. The van der Waals surface area contributed by atoms with E-state index in [0.717, 1.165) is 49.1 Å². The van der Waals surface area contributed by atoms with Crippen LogP contribution in [0.5, 0.6) is 11.5 Å². The lowest BCUT2D eigenvalue weighted by Crippen LogP contribution is -2.45. The van der Waals surface area contributed by atoms with Crippen molar-refractivity contribution >= 4 is 5.96 Å². The largest absolute Gasteiger partial charge is 0.497 e. The highest BCUT2D eigenvalue weighted by atomic mass is 16.5. The van der Waals surface area contributed by atoms with Crippen LogP contribution in [0.3, 0.4) is 0 Å². The number of methoxy groups -OCH3 is 2. The van der Waals surface area contributed by atoms with Gasteiger partial charge in [0.2, 0.25) is 0 Å². The van der Waals surface area contributed by atoms with E-state index in [1.54, 1.807) is 21.3 Å². The second-order valence-corrected chi connectivity index (χ2v) is 6.78. The van der Waals surface area contributed by atoms with Gasteiger partial charge in [0.25, 0.3) is 0 Å². The molecule has 0 saturated heterocycles. The Morgan fingerprint density at radius 1 is 1.04 bits per heavy atom. The molecular formula is C20H36N4O2. The summed E-state index contributed by atoms with van der Waals surface area (Å²) >= 11 is 0. The average Bonchev–Trinajstić information content (AvgIpc) is 2.62. The van der Waals surface area contributed by atoms with Gasteiger partial charge in [-0.15, -0.1) is 0 Å². The van der Waals surface area contributed by atoms with Crippen LogP contribution in [0.2, 0.25) is 0 Å². The number of hydrogen-bond acceptors (Lipinski definition) is 4. The molecule has 1 aromatic carbocycles. The number of aliphatic imine (C=N–C) groups is 1. The van der Waals surface area contributed by atoms with Crippen LogP contribution in [0.25, 0.3) is 0 Å². The van der Waals surface area contributed by atoms with E-state index >= 15 is 0 Å². The van der Waals surface area contributed by atoms with Gasteiger partial charge in [0.1, 0.15) is 11.5 Å². The number of hydrogen-bond donors (Lipinski definition) is 2. The van der Waals surface area contributed by atoms with Gasteiger partial charge in [-0.3, -0.25) is 9.89 Å². The van der Waals surface area contributed by atoms with E-state index in [-0.39, 0.29) is 0 Å². The minimum atomic E-state index is 0.535. The molecule has 1 aromatic rings. The third kappa shape index (κ3) is 7.12. The maximum atomic E-state index is 5.43. The minimum Gasteiger partial charge on any atom is -0.497 e. The Balaban J connectivity index is 2.48. The Morgan fingerprint density at radius 2 is 1.69 bits per heavy atom. The standard InChI is InChI=1S/C20H36N4O2/c1-15(2)24(16(3)4)13-12-23-20(21-5)22-11-10-17-14-18(25-6)8-9-19(17)26-7/h8-9,14-16H,10-13H2,1-7H3,(H2,21,22,23). The minimum absolute atomic E-state index is 0.535. The fourth-order valence-corrected chi connectivity index (χ4v) is 3.03. The fraction of sp³-hybridized carbons (Fsp3) is 0.650. The van der Waals surface area contributed by atoms with Crippen molar-refractivity contribution in [3.63, 3.8) is 0 Å². The summed E-state index contributed by atoms with van der Waals surface area (Å²) in [5, 5.41) is 6.75. The van der Waals surface area contributed by atoms with E-state index in [1.165, 1.54) is 0 Å². The van der Waals surface area contributed by atoms with Crippen molar-refractivity contribution in [2.24, 2.45) is 4.99 Å². The molecule has 0 amide bonds. The van der Waals surface area contributed by atoms with Crippen LogP contribution in [-0.2, 0) is 6.42 Å². The van der Waals surface area contributed by atoms with Gasteiger partial charge in [0, 0.05) is 38.8 Å². The van der Waals surface area contributed by atoms with Crippen LogP contribution in [0.4, 0.5) is 0 Å². The highest BCUT2D eigenvalue weighted by molar-refractivity contribution is 5.79. The molecule has 0 aliphatic carbocycles. The number of nitrogens with zero attached hydrogens (tertiary/aromatic N) is 2. The predicted octanol–water partition coefficient (Wildman–Crippen LogP) is 2.53. The lowest BCUT2D eigenvalue weighted by atomic mass is 10.1. The van der Waals surface area contributed by atoms with Crippen molar-refractivity contribution in [1.29, 1.82) is 0 Å². The van der Waals surface area contributed by atoms with Crippen LogP contribution in [0, 0.1) is 0 Å². The van der Waals surface area contributed by atoms with E-state index in [0.29, 0.717) is 12.1 Å². The maximum Gasteiger partial charge on any atom is 0.191 e. The summed E-state index contributed by atoms with van der Waals surface area (Å²) in [6.45, 7) is 11.5. The molecule has 0 radical (unpaired) electrons. The summed E-state index contributed by atoms with van der Waals surface area (Å²) in [4.78, 5) is 6.76. The van der Waals surface area contributed by atoms with Gasteiger partial charge in [-0.25, -0.2) is 0 Å². The smallest absolute Gasteiger partial charge is 0.191 e. The van der Waals surface area contributed by atoms with E-state index in [2.05, 4.69) is 48.2 Å². The fourth-order valence-electron chi connectivity index (χ4n) is 3.03. The van der Waals surface area contributed by atoms with Gasteiger partial charge in [0.05, 0.1) is 14.2 Å². The van der Waals surface area contributed by atoms with E-state index in [9.17, 15) is 0 Å². The van der Waals surface area contributed by atoms with Crippen LogP contribution >= 0.6 is 0 Å². The average molecular weight is 365 g/mol. The summed E-state index contributed by atoms with van der Waals surface area (Å²) in [5.74, 6) is 2.53. The van der Waals surface area contributed by atoms with Crippen molar-refractivity contribution in [1.82, 2.24) is 15.5 Å². The third-order valence-electron chi connectivity index (χ3n) is 4.39. The third-order valence-corrected chi connectivity index (χ3v) is 4.39. The number of rotatable bonds is 10. The molecule has 6 nitrogen and oxygen atoms in total. The highest BCUT2D eigenvalue weighted by Crippen LogP contribution is 2.24. The van der Waals surface area contributed by atoms with Gasteiger partial charge in [-0.05, 0) is 57.9 Å². The van der Waals surface area contributed by atoms with Gasteiger partial charge in [-0.1, -0.05) is 0 Å². The molecule has 0 aromatic heterocycles. The second kappa shape index (κ2) is 11.6. The van der Waals surface area contributed by atoms with Crippen molar-refractivity contribution in [2.75, 3.05) is 40.9 Å². The summed E-state index contributed by atoms with van der Waals surface area (Å²) in [6.07, 6.45) is 0.825. The normalized spacial score (nSPS) is 12.0. The Bertz CT molecular complexity index is 551. The van der Waals surface area contributed by atoms with E-state index < -0.39 is 0 Å². The Morgan fingerprint density at radius 3 is 2.23 bits per heavy atom. The number of benzene rings is 1. The number of guanidine groups is 1. The van der Waals surface area contributed by atoms with E-state index in [1.807, 2.05) is 18.2 Å². The molecule has 1 rings (SSSR count). The second-order valence-electron chi connectivity index (χ2n) is 6.78. The zero-order valence-corrected chi connectivity index (χ0v) is 17.4. The highest BCUT2D eigenvalue weighted by Gasteiger charge is 2.12. The summed E-state index contributed by atoms with van der Waals surface area (Å²) < 4.78 is 10.7. The molecular weight excluding hydrogens is 328 g/mol.